The van der Waals surface area contributed by atoms with Crippen molar-refractivity contribution in [1.29, 1.82) is 10.5 Å². The minimum Gasteiger partial charge on any atom is -0.493 e. The van der Waals surface area contributed by atoms with Crippen LogP contribution >= 0.6 is 0 Å². The van der Waals surface area contributed by atoms with Gasteiger partial charge in [-0.2, -0.15) is 10.5 Å². The first-order chi connectivity index (χ1) is 9.76. The highest BCUT2D eigenvalue weighted by Gasteiger charge is 2.06. The number of hydrogen-bond acceptors (Lipinski definition) is 4. The van der Waals surface area contributed by atoms with E-state index in [1.165, 1.54) is 7.11 Å². The van der Waals surface area contributed by atoms with E-state index in [1.54, 1.807) is 30.3 Å². The Balaban J connectivity index is 2.10. The van der Waals surface area contributed by atoms with E-state index < -0.39 is 0 Å². The van der Waals surface area contributed by atoms with E-state index in [0.717, 1.165) is 5.56 Å². The Hall–Kier alpha value is -2.98. The second-order valence-electron chi connectivity index (χ2n) is 4.07. The van der Waals surface area contributed by atoms with Crippen molar-refractivity contribution in [2.24, 2.45) is 0 Å². The summed E-state index contributed by atoms with van der Waals surface area (Å²) in [4.78, 5) is 0. The van der Waals surface area contributed by atoms with Gasteiger partial charge in [-0.1, -0.05) is 12.1 Å². The molecule has 0 heterocycles. The van der Waals surface area contributed by atoms with Gasteiger partial charge in [-0.15, -0.1) is 0 Å². The number of rotatable bonds is 4. The predicted octanol–water partition coefficient (Wildman–Crippen LogP) is 3.02. The molecule has 0 unspecified atom stereocenters. The molecule has 0 atom stereocenters. The van der Waals surface area contributed by atoms with Gasteiger partial charge in [0.1, 0.15) is 6.61 Å². The predicted molar refractivity (Wildman–Crippen MR) is 73.2 cm³/mol. The fraction of sp³-hybridized carbons (Fsp3) is 0.125. The molecule has 0 aliphatic carbocycles. The molecule has 0 saturated heterocycles. The summed E-state index contributed by atoms with van der Waals surface area (Å²) in [6.07, 6.45) is 0. The van der Waals surface area contributed by atoms with Crippen LogP contribution in [0.3, 0.4) is 0 Å². The van der Waals surface area contributed by atoms with Crippen molar-refractivity contribution in [3.63, 3.8) is 0 Å². The molecule has 0 amide bonds. The summed E-state index contributed by atoms with van der Waals surface area (Å²) < 4.78 is 10.9. The molecular formula is C16H12N2O2. The molecule has 0 radical (unpaired) electrons. The lowest BCUT2D eigenvalue weighted by molar-refractivity contribution is 0.284. The number of benzene rings is 2. The Bertz CT molecular complexity index is 679. The van der Waals surface area contributed by atoms with Gasteiger partial charge in [-0.05, 0) is 29.8 Å². The summed E-state index contributed by atoms with van der Waals surface area (Å²) >= 11 is 0. The van der Waals surface area contributed by atoms with Crippen molar-refractivity contribution in [2.75, 3.05) is 7.11 Å². The molecule has 0 aliphatic heterocycles. The summed E-state index contributed by atoms with van der Waals surface area (Å²) in [5.74, 6) is 1.11. The first kappa shape index (κ1) is 13.5. The number of nitrogens with zero attached hydrogens (tertiary/aromatic N) is 2. The lowest BCUT2D eigenvalue weighted by Gasteiger charge is -2.10. The van der Waals surface area contributed by atoms with Gasteiger partial charge in [0.2, 0.25) is 0 Å². The highest BCUT2D eigenvalue weighted by molar-refractivity contribution is 5.46. The molecule has 20 heavy (non-hydrogen) atoms. The Morgan fingerprint density at radius 2 is 1.55 bits per heavy atom. The first-order valence-corrected chi connectivity index (χ1v) is 5.97. The molecule has 0 spiro atoms. The zero-order valence-corrected chi connectivity index (χ0v) is 11.0. The SMILES string of the molecule is COc1cc(C#N)ccc1OCc1ccc(C#N)cc1. The second-order valence-corrected chi connectivity index (χ2v) is 4.07. The summed E-state index contributed by atoms with van der Waals surface area (Å²) in [6.45, 7) is 0.369. The van der Waals surface area contributed by atoms with Gasteiger partial charge in [0, 0.05) is 6.07 Å². The average molecular weight is 264 g/mol. The Morgan fingerprint density at radius 3 is 2.15 bits per heavy atom. The summed E-state index contributed by atoms with van der Waals surface area (Å²) in [5.41, 5.74) is 2.09. The van der Waals surface area contributed by atoms with Gasteiger partial charge in [0.25, 0.3) is 0 Å². The fourth-order valence-corrected chi connectivity index (χ4v) is 1.69. The monoisotopic (exact) mass is 264 g/mol. The van der Waals surface area contributed by atoms with Gasteiger partial charge < -0.3 is 9.47 Å². The van der Waals surface area contributed by atoms with Crippen LogP contribution in [0.4, 0.5) is 0 Å². The highest BCUT2D eigenvalue weighted by Crippen LogP contribution is 2.28. The Labute approximate surface area is 117 Å². The van der Waals surface area contributed by atoms with E-state index in [1.807, 2.05) is 18.2 Å². The van der Waals surface area contributed by atoms with Crippen LogP contribution in [0.2, 0.25) is 0 Å². The average Bonchev–Trinajstić information content (AvgIpc) is 2.53. The van der Waals surface area contributed by atoms with E-state index in [0.29, 0.717) is 29.2 Å². The first-order valence-electron chi connectivity index (χ1n) is 5.97. The van der Waals surface area contributed by atoms with Crippen LogP contribution in [0.15, 0.2) is 42.5 Å². The third-order valence-electron chi connectivity index (χ3n) is 2.77. The standard InChI is InChI=1S/C16H12N2O2/c1-19-16-8-14(10-18)6-7-15(16)20-11-13-4-2-12(9-17)3-5-13/h2-8H,11H2,1H3. The maximum atomic E-state index is 8.83. The Morgan fingerprint density at radius 1 is 0.900 bits per heavy atom. The second kappa shape index (κ2) is 6.26. The van der Waals surface area contributed by atoms with Crippen LogP contribution in [-0.2, 0) is 6.61 Å². The third-order valence-corrected chi connectivity index (χ3v) is 2.77. The van der Waals surface area contributed by atoms with E-state index in [2.05, 4.69) is 6.07 Å². The van der Waals surface area contributed by atoms with Crippen LogP contribution in [0.5, 0.6) is 11.5 Å². The number of hydrogen-bond donors (Lipinski definition) is 0. The molecule has 98 valence electrons. The molecule has 0 N–H and O–H groups in total. The number of methoxy groups -OCH3 is 1. The molecular weight excluding hydrogens is 252 g/mol. The molecule has 0 aromatic heterocycles. The molecule has 0 aliphatic rings. The van der Waals surface area contributed by atoms with Crippen LogP contribution in [0.1, 0.15) is 16.7 Å². The molecule has 0 bridgehead atoms. The normalized spacial score (nSPS) is 9.35. The van der Waals surface area contributed by atoms with Gasteiger partial charge in [-0.3, -0.25) is 0 Å². The maximum Gasteiger partial charge on any atom is 0.162 e. The van der Waals surface area contributed by atoms with Crippen molar-refractivity contribution in [3.05, 3.63) is 59.2 Å². The number of ether oxygens (including phenoxy) is 2. The molecule has 4 nitrogen and oxygen atoms in total. The van der Waals surface area contributed by atoms with E-state index >= 15 is 0 Å². The molecule has 4 heteroatoms. The summed E-state index contributed by atoms with van der Waals surface area (Å²) in [7, 11) is 1.53. The molecule has 2 rings (SSSR count). The molecule has 0 fully saturated rings. The summed E-state index contributed by atoms with van der Waals surface area (Å²) in [5, 5.41) is 17.6. The molecule has 2 aromatic carbocycles. The highest BCUT2D eigenvalue weighted by atomic mass is 16.5. The van der Waals surface area contributed by atoms with Gasteiger partial charge in [-0.25, -0.2) is 0 Å². The smallest absolute Gasteiger partial charge is 0.162 e. The van der Waals surface area contributed by atoms with Crippen LogP contribution < -0.4 is 9.47 Å². The van der Waals surface area contributed by atoms with Crippen molar-refractivity contribution >= 4 is 0 Å². The fourth-order valence-electron chi connectivity index (χ4n) is 1.69. The van der Waals surface area contributed by atoms with Crippen LogP contribution in [-0.4, -0.2) is 7.11 Å². The van der Waals surface area contributed by atoms with Crippen molar-refractivity contribution < 1.29 is 9.47 Å². The zero-order valence-electron chi connectivity index (χ0n) is 11.0. The zero-order chi connectivity index (χ0) is 14.4. The van der Waals surface area contributed by atoms with E-state index in [-0.39, 0.29) is 0 Å². The molecule has 0 saturated carbocycles. The quantitative estimate of drug-likeness (QED) is 0.851. The van der Waals surface area contributed by atoms with Gasteiger partial charge >= 0.3 is 0 Å². The van der Waals surface area contributed by atoms with Crippen molar-refractivity contribution in [1.82, 2.24) is 0 Å². The van der Waals surface area contributed by atoms with Crippen LogP contribution in [0, 0.1) is 22.7 Å². The van der Waals surface area contributed by atoms with Crippen molar-refractivity contribution in [2.45, 2.75) is 6.61 Å². The lowest BCUT2D eigenvalue weighted by atomic mass is 10.1. The van der Waals surface area contributed by atoms with Gasteiger partial charge in [0.05, 0.1) is 30.4 Å². The van der Waals surface area contributed by atoms with Crippen LogP contribution in [0.25, 0.3) is 0 Å². The van der Waals surface area contributed by atoms with E-state index in [4.69, 9.17) is 20.0 Å². The molecule has 2 aromatic rings. The van der Waals surface area contributed by atoms with Gasteiger partial charge in [0.15, 0.2) is 11.5 Å². The lowest BCUT2D eigenvalue weighted by Crippen LogP contribution is -1.98. The maximum absolute atomic E-state index is 8.83. The minimum absolute atomic E-state index is 0.369. The van der Waals surface area contributed by atoms with Crippen molar-refractivity contribution in [3.8, 4) is 23.6 Å². The number of nitriles is 2. The topological polar surface area (TPSA) is 66.0 Å². The largest absolute Gasteiger partial charge is 0.493 e. The third kappa shape index (κ3) is 3.07. The summed E-state index contributed by atoms with van der Waals surface area (Å²) in [6, 6.07) is 16.3. The Kier molecular flexibility index (Phi) is 4.21. The van der Waals surface area contributed by atoms with E-state index in [9.17, 15) is 0 Å². The minimum atomic E-state index is 0.369.